The summed E-state index contributed by atoms with van der Waals surface area (Å²) in [6, 6.07) is 31.1. The predicted molar refractivity (Wildman–Crippen MR) is 146 cm³/mol. The summed E-state index contributed by atoms with van der Waals surface area (Å²) in [5.41, 5.74) is 4.83. The van der Waals surface area contributed by atoms with Crippen molar-refractivity contribution in [2.45, 2.75) is 13.0 Å². The number of halogens is 1. The van der Waals surface area contributed by atoms with Crippen molar-refractivity contribution in [2.75, 3.05) is 26.1 Å². The van der Waals surface area contributed by atoms with Crippen molar-refractivity contribution in [1.82, 2.24) is 4.90 Å². The van der Waals surface area contributed by atoms with Crippen LogP contribution in [0.3, 0.4) is 0 Å². The molecule has 4 aromatic rings. The van der Waals surface area contributed by atoms with Crippen molar-refractivity contribution >= 4 is 23.3 Å². The minimum absolute atomic E-state index is 0.172. The van der Waals surface area contributed by atoms with Crippen LogP contribution in [0.15, 0.2) is 97.1 Å². The SMILES string of the molecule is COc1ccc(CCN(Cc2ccc(Cl)cc2)C(=O)Nc2ccccc2-c2ccccc2)cc1OC. The smallest absolute Gasteiger partial charge is 0.322 e. The molecule has 1 N–H and O–H groups in total. The van der Waals surface area contributed by atoms with E-state index in [9.17, 15) is 4.79 Å². The van der Waals surface area contributed by atoms with Crippen LogP contribution in [-0.2, 0) is 13.0 Å². The highest BCUT2D eigenvalue weighted by Gasteiger charge is 2.17. The largest absolute Gasteiger partial charge is 0.493 e. The van der Waals surface area contributed by atoms with Gasteiger partial charge in [-0.05, 0) is 53.4 Å². The molecule has 0 saturated carbocycles. The number of carbonyl (C=O) groups excluding carboxylic acids is 1. The first kappa shape index (κ1) is 25.1. The maximum absolute atomic E-state index is 13.6. The first-order valence-corrected chi connectivity index (χ1v) is 12.1. The van der Waals surface area contributed by atoms with Gasteiger partial charge in [0, 0.05) is 23.7 Å². The summed E-state index contributed by atoms with van der Waals surface area (Å²) >= 11 is 6.07. The van der Waals surface area contributed by atoms with Gasteiger partial charge in [0.1, 0.15) is 0 Å². The van der Waals surface area contributed by atoms with Crippen LogP contribution in [0.4, 0.5) is 10.5 Å². The average molecular weight is 501 g/mol. The Morgan fingerprint density at radius 1 is 0.806 bits per heavy atom. The van der Waals surface area contributed by atoms with Gasteiger partial charge in [0.25, 0.3) is 0 Å². The molecule has 0 aliphatic heterocycles. The van der Waals surface area contributed by atoms with Crippen LogP contribution >= 0.6 is 11.6 Å². The van der Waals surface area contributed by atoms with Crippen molar-refractivity contribution in [3.05, 3.63) is 113 Å². The van der Waals surface area contributed by atoms with Gasteiger partial charge in [-0.3, -0.25) is 0 Å². The standard InChI is InChI=1S/C30H29ClN2O3/c1-35-28-17-14-22(20-29(28)36-2)18-19-33(21-23-12-15-25(31)16-13-23)30(34)32-27-11-7-6-10-26(27)24-8-4-3-5-9-24/h3-17,20H,18-19,21H2,1-2H3,(H,32,34). The van der Waals surface area contributed by atoms with Gasteiger partial charge in [-0.15, -0.1) is 0 Å². The van der Waals surface area contributed by atoms with Crippen molar-refractivity contribution in [3.63, 3.8) is 0 Å². The zero-order chi connectivity index (χ0) is 25.3. The summed E-state index contributed by atoms with van der Waals surface area (Å²) in [5, 5.41) is 3.80. The second kappa shape index (κ2) is 12.1. The third-order valence-corrected chi connectivity index (χ3v) is 6.20. The maximum atomic E-state index is 13.6. The molecule has 4 rings (SSSR count). The molecule has 0 bridgehead atoms. The number of methoxy groups -OCH3 is 2. The molecule has 0 aliphatic carbocycles. The molecule has 4 aromatic carbocycles. The Morgan fingerprint density at radius 2 is 1.47 bits per heavy atom. The first-order chi connectivity index (χ1) is 17.6. The zero-order valence-electron chi connectivity index (χ0n) is 20.4. The van der Waals surface area contributed by atoms with Gasteiger partial charge in [-0.1, -0.05) is 78.3 Å². The van der Waals surface area contributed by atoms with Crippen LogP contribution in [0.1, 0.15) is 11.1 Å². The molecule has 6 heteroatoms. The third-order valence-electron chi connectivity index (χ3n) is 5.95. The number of nitrogens with one attached hydrogen (secondary N) is 1. The molecule has 184 valence electrons. The molecule has 0 spiro atoms. The van der Waals surface area contributed by atoms with Crippen molar-refractivity contribution in [2.24, 2.45) is 0 Å². The van der Waals surface area contributed by atoms with Gasteiger partial charge >= 0.3 is 6.03 Å². The van der Waals surface area contributed by atoms with E-state index in [1.54, 1.807) is 14.2 Å². The number of rotatable bonds is 9. The van der Waals surface area contributed by atoms with Crippen molar-refractivity contribution in [3.8, 4) is 22.6 Å². The molecule has 0 aliphatic rings. The minimum atomic E-state index is -0.172. The third kappa shape index (κ3) is 6.37. The summed E-state index contributed by atoms with van der Waals surface area (Å²) in [7, 11) is 3.23. The topological polar surface area (TPSA) is 50.8 Å². The molecular formula is C30H29ClN2O3. The lowest BCUT2D eigenvalue weighted by atomic mass is 10.0. The summed E-state index contributed by atoms with van der Waals surface area (Å²) in [4.78, 5) is 15.4. The quantitative estimate of drug-likeness (QED) is 0.262. The van der Waals surface area contributed by atoms with Gasteiger partial charge in [0.05, 0.1) is 19.9 Å². The second-order valence-corrected chi connectivity index (χ2v) is 8.77. The van der Waals surface area contributed by atoms with E-state index in [4.69, 9.17) is 21.1 Å². The number of urea groups is 1. The van der Waals surface area contributed by atoms with Crippen LogP contribution < -0.4 is 14.8 Å². The lowest BCUT2D eigenvalue weighted by molar-refractivity contribution is 0.210. The second-order valence-electron chi connectivity index (χ2n) is 8.33. The number of ether oxygens (including phenoxy) is 2. The van der Waals surface area contributed by atoms with E-state index in [1.807, 2.05) is 102 Å². The Balaban J connectivity index is 1.56. The molecule has 5 nitrogen and oxygen atoms in total. The van der Waals surface area contributed by atoms with Gasteiger partial charge in [-0.25, -0.2) is 4.79 Å². The fourth-order valence-corrected chi connectivity index (χ4v) is 4.14. The number of anilines is 1. The highest BCUT2D eigenvalue weighted by Crippen LogP contribution is 2.29. The van der Waals surface area contributed by atoms with Gasteiger partial charge < -0.3 is 19.7 Å². The van der Waals surface area contributed by atoms with E-state index in [0.29, 0.717) is 36.0 Å². The molecule has 0 heterocycles. The summed E-state index contributed by atoms with van der Waals surface area (Å²) < 4.78 is 10.8. The number of benzene rings is 4. The minimum Gasteiger partial charge on any atom is -0.493 e. The molecule has 0 aromatic heterocycles. The monoisotopic (exact) mass is 500 g/mol. The average Bonchev–Trinajstić information content (AvgIpc) is 2.92. The number of amides is 2. The van der Waals surface area contributed by atoms with Crippen LogP contribution in [0.2, 0.25) is 5.02 Å². The molecule has 36 heavy (non-hydrogen) atoms. The van der Waals surface area contributed by atoms with E-state index in [-0.39, 0.29) is 6.03 Å². The molecular weight excluding hydrogens is 472 g/mol. The number of carbonyl (C=O) groups is 1. The number of hydrogen-bond donors (Lipinski definition) is 1. The van der Waals surface area contributed by atoms with Crippen LogP contribution in [0, 0.1) is 0 Å². The van der Waals surface area contributed by atoms with Gasteiger partial charge in [0.15, 0.2) is 11.5 Å². The molecule has 0 radical (unpaired) electrons. The summed E-state index contributed by atoms with van der Waals surface area (Å²) in [6.07, 6.45) is 0.654. The number of hydrogen-bond acceptors (Lipinski definition) is 3. The lowest BCUT2D eigenvalue weighted by Crippen LogP contribution is -2.36. The molecule has 0 saturated heterocycles. The van der Waals surface area contributed by atoms with Crippen molar-refractivity contribution < 1.29 is 14.3 Å². The van der Waals surface area contributed by atoms with Gasteiger partial charge in [0.2, 0.25) is 0 Å². The number of nitrogens with zero attached hydrogens (tertiary/aromatic N) is 1. The fourth-order valence-electron chi connectivity index (χ4n) is 4.02. The van der Waals surface area contributed by atoms with E-state index >= 15 is 0 Å². The van der Waals surface area contributed by atoms with Crippen LogP contribution in [0.5, 0.6) is 11.5 Å². The maximum Gasteiger partial charge on any atom is 0.322 e. The molecule has 2 amide bonds. The molecule has 0 fully saturated rings. The summed E-state index contributed by atoms with van der Waals surface area (Å²) in [5.74, 6) is 1.34. The van der Waals surface area contributed by atoms with Crippen LogP contribution in [-0.4, -0.2) is 31.7 Å². The van der Waals surface area contributed by atoms with E-state index in [2.05, 4.69) is 5.32 Å². The summed E-state index contributed by atoms with van der Waals surface area (Å²) in [6.45, 7) is 0.960. The zero-order valence-corrected chi connectivity index (χ0v) is 21.2. The highest BCUT2D eigenvalue weighted by atomic mass is 35.5. The fraction of sp³-hybridized carbons (Fsp3) is 0.167. The van der Waals surface area contributed by atoms with E-state index in [0.717, 1.165) is 27.9 Å². The normalized spacial score (nSPS) is 10.5. The number of para-hydroxylation sites is 1. The first-order valence-electron chi connectivity index (χ1n) is 11.7. The predicted octanol–water partition coefficient (Wildman–Crippen LogP) is 7.30. The van der Waals surface area contributed by atoms with E-state index in [1.165, 1.54) is 0 Å². The van der Waals surface area contributed by atoms with Crippen molar-refractivity contribution in [1.29, 1.82) is 0 Å². The molecule has 0 atom stereocenters. The highest BCUT2D eigenvalue weighted by molar-refractivity contribution is 6.30. The Morgan fingerprint density at radius 3 is 2.19 bits per heavy atom. The van der Waals surface area contributed by atoms with E-state index < -0.39 is 0 Å². The van der Waals surface area contributed by atoms with Gasteiger partial charge in [-0.2, -0.15) is 0 Å². The molecule has 0 unspecified atom stereocenters. The Kier molecular flexibility index (Phi) is 8.48. The van der Waals surface area contributed by atoms with Crippen LogP contribution in [0.25, 0.3) is 11.1 Å². The lowest BCUT2D eigenvalue weighted by Gasteiger charge is -2.24. The Labute approximate surface area is 217 Å². The Hall–Kier alpha value is -3.96. The Bertz CT molecular complexity index is 1290.